The fraction of sp³-hybridized carbons (Fsp3) is 0.379. The van der Waals surface area contributed by atoms with E-state index in [4.69, 9.17) is 4.74 Å². The van der Waals surface area contributed by atoms with Gasteiger partial charge in [0.2, 0.25) is 5.91 Å². The highest BCUT2D eigenvalue weighted by Gasteiger charge is 2.33. The number of likely N-dealkylation sites (N-methyl/N-ethyl adjacent to an activating group) is 1. The number of sulfonamides is 1. The first kappa shape index (κ1) is 33.1. The Morgan fingerprint density at radius 3 is 2.48 bits per heavy atom. The topological polar surface area (TPSA) is 128 Å². The Hall–Kier alpha value is -3.82. The minimum Gasteiger partial charge on any atom is -0.488 e. The molecule has 2 aromatic carbocycles. The normalized spacial score (nSPS) is 18.2. The molecule has 3 aromatic rings. The summed E-state index contributed by atoms with van der Waals surface area (Å²) in [4.78, 5) is 29.2. The molecule has 1 aliphatic heterocycles. The van der Waals surface area contributed by atoms with Crippen LogP contribution in [0.1, 0.15) is 25.0 Å². The molecule has 1 aromatic heterocycles. The van der Waals surface area contributed by atoms with Crippen molar-refractivity contribution in [1.82, 2.24) is 9.80 Å². The number of nitrogens with zero attached hydrogens (tertiary/aromatic N) is 2. The number of aliphatic hydroxyl groups is 1. The molecule has 0 unspecified atom stereocenters. The van der Waals surface area contributed by atoms with Crippen molar-refractivity contribution in [3.63, 3.8) is 0 Å². The van der Waals surface area contributed by atoms with Gasteiger partial charge in [-0.15, -0.1) is 11.3 Å². The lowest BCUT2D eigenvalue weighted by Gasteiger charge is -2.34. The molecular formula is C29H33F3N4O6S2. The van der Waals surface area contributed by atoms with Crippen molar-refractivity contribution in [3.05, 3.63) is 71.1 Å². The predicted octanol–water partition coefficient (Wildman–Crippen LogP) is 4.88. The summed E-state index contributed by atoms with van der Waals surface area (Å²) >= 11 is 1.06. The van der Waals surface area contributed by atoms with Crippen molar-refractivity contribution in [1.29, 1.82) is 0 Å². The van der Waals surface area contributed by atoms with Gasteiger partial charge in [0.25, 0.3) is 10.0 Å². The second-order valence-electron chi connectivity index (χ2n) is 10.6. The lowest BCUT2D eigenvalue weighted by molar-refractivity contribution is -0.137. The van der Waals surface area contributed by atoms with Crippen LogP contribution in [0.4, 0.5) is 29.3 Å². The van der Waals surface area contributed by atoms with E-state index in [1.54, 1.807) is 24.4 Å². The van der Waals surface area contributed by atoms with E-state index in [1.807, 2.05) is 6.92 Å². The van der Waals surface area contributed by atoms with E-state index in [2.05, 4.69) is 10.0 Å². The van der Waals surface area contributed by atoms with Crippen molar-refractivity contribution in [2.75, 3.05) is 36.8 Å². The summed E-state index contributed by atoms with van der Waals surface area (Å²) < 4.78 is 73.3. The summed E-state index contributed by atoms with van der Waals surface area (Å²) in [5.74, 6) is -0.308. The molecule has 4 rings (SSSR count). The highest BCUT2D eigenvalue weighted by molar-refractivity contribution is 7.94. The van der Waals surface area contributed by atoms with Crippen molar-refractivity contribution in [3.8, 4) is 5.75 Å². The second kappa shape index (κ2) is 13.4. The number of nitrogens with one attached hydrogen (secondary N) is 2. The number of hydrogen-bond donors (Lipinski definition) is 3. The molecule has 3 N–H and O–H groups in total. The zero-order valence-electron chi connectivity index (χ0n) is 24.2. The summed E-state index contributed by atoms with van der Waals surface area (Å²) in [6.07, 6.45) is -5.29. The highest BCUT2D eigenvalue weighted by Crippen LogP contribution is 2.32. The Kier molecular flexibility index (Phi) is 10.1. The number of alkyl halides is 3. The molecule has 0 spiro atoms. The second-order valence-corrected chi connectivity index (χ2v) is 13.5. The zero-order chi connectivity index (χ0) is 32.2. The largest absolute Gasteiger partial charge is 0.488 e. The van der Waals surface area contributed by atoms with E-state index >= 15 is 0 Å². The Morgan fingerprint density at radius 2 is 1.86 bits per heavy atom. The average Bonchev–Trinajstić information content (AvgIpc) is 3.52. The van der Waals surface area contributed by atoms with E-state index in [0.717, 1.165) is 35.6 Å². The molecule has 0 bridgehead atoms. The lowest BCUT2D eigenvalue weighted by atomic mass is 10.0. The first-order valence-corrected chi connectivity index (χ1v) is 16.0. The van der Waals surface area contributed by atoms with E-state index in [9.17, 15) is 36.3 Å². The van der Waals surface area contributed by atoms with Gasteiger partial charge in [-0.2, -0.15) is 13.2 Å². The number of thiophene rings is 1. The molecule has 0 fully saturated rings. The van der Waals surface area contributed by atoms with E-state index in [0.29, 0.717) is 11.3 Å². The van der Waals surface area contributed by atoms with Gasteiger partial charge >= 0.3 is 12.2 Å². The number of carbonyl (C=O) groups is 2. The van der Waals surface area contributed by atoms with Crippen LogP contribution in [0.15, 0.2) is 64.2 Å². The third-order valence-electron chi connectivity index (χ3n) is 7.19. The number of ether oxygens (including phenoxy) is 1. The van der Waals surface area contributed by atoms with E-state index < -0.39 is 39.9 Å². The monoisotopic (exact) mass is 654 g/mol. The van der Waals surface area contributed by atoms with Crippen molar-refractivity contribution < 1.29 is 41.0 Å². The minimum absolute atomic E-state index is 0.0371. The Morgan fingerprint density at radius 1 is 1.18 bits per heavy atom. The Bertz CT molecular complexity index is 1570. The van der Waals surface area contributed by atoms with Crippen LogP contribution in [0, 0.1) is 5.92 Å². The first-order chi connectivity index (χ1) is 20.7. The van der Waals surface area contributed by atoms with Gasteiger partial charge in [0, 0.05) is 36.4 Å². The molecule has 3 amide bonds. The lowest BCUT2D eigenvalue weighted by Crippen LogP contribution is -2.48. The summed E-state index contributed by atoms with van der Waals surface area (Å²) in [6, 6.07) is 10.7. The van der Waals surface area contributed by atoms with E-state index in [1.165, 1.54) is 35.0 Å². The predicted molar refractivity (Wildman–Crippen MR) is 160 cm³/mol. The number of hydrogen-bond acceptors (Lipinski definition) is 7. The maximum Gasteiger partial charge on any atom is 0.416 e. The van der Waals surface area contributed by atoms with Crippen LogP contribution in [0.2, 0.25) is 0 Å². The zero-order valence-corrected chi connectivity index (χ0v) is 25.8. The Labute approximate surface area is 257 Å². The molecule has 15 heteroatoms. The quantitative estimate of drug-likeness (QED) is 0.318. The standard InChI is InChI=1S/C29H33F3N4O6S2/c1-18-15-36(19(2)17-37)26(38)14-20-13-23(34-44(40,41)27-5-4-12-43-27)10-11-24(20)42-25(18)16-35(3)28(39)33-22-8-6-21(7-9-22)29(30,31)32/h4-13,18-19,25,34,37H,14-17H2,1-3H3,(H,33,39)/t18-,19+,25+/m1/s1. The van der Waals surface area contributed by atoms with Gasteiger partial charge in [-0.05, 0) is 60.8 Å². The van der Waals surface area contributed by atoms with Gasteiger partial charge in [-0.3, -0.25) is 9.52 Å². The fourth-order valence-electron chi connectivity index (χ4n) is 4.65. The molecule has 1 aliphatic rings. The van der Waals surface area contributed by atoms with Crippen LogP contribution >= 0.6 is 11.3 Å². The van der Waals surface area contributed by atoms with E-state index in [-0.39, 0.29) is 53.5 Å². The highest BCUT2D eigenvalue weighted by atomic mass is 32.2. The molecule has 238 valence electrons. The molecule has 44 heavy (non-hydrogen) atoms. The van der Waals surface area contributed by atoms with Crippen LogP contribution in [0.25, 0.3) is 0 Å². The van der Waals surface area contributed by atoms with Gasteiger partial charge in [-0.1, -0.05) is 13.0 Å². The Balaban J connectivity index is 1.58. The van der Waals surface area contributed by atoms with Gasteiger partial charge in [0.05, 0.1) is 31.2 Å². The van der Waals surface area contributed by atoms with Crippen LogP contribution in [-0.2, 0) is 27.4 Å². The molecular weight excluding hydrogens is 621 g/mol. The van der Waals surface area contributed by atoms with Crippen molar-refractivity contribution in [2.24, 2.45) is 5.92 Å². The molecule has 2 heterocycles. The number of halogens is 3. The van der Waals surface area contributed by atoms with Crippen LogP contribution in [-0.4, -0.2) is 74.2 Å². The molecule has 0 saturated heterocycles. The summed E-state index contributed by atoms with van der Waals surface area (Å²) in [5, 5.41) is 14.1. The van der Waals surface area contributed by atoms with Gasteiger partial charge < -0.3 is 25.0 Å². The van der Waals surface area contributed by atoms with Crippen LogP contribution in [0.3, 0.4) is 0 Å². The number of urea groups is 1. The number of carbonyl (C=O) groups excluding carboxylic acids is 2. The number of fused-ring (bicyclic) bond motifs is 1. The van der Waals surface area contributed by atoms with Gasteiger partial charge in [0.15, 0.2) is 0 Å². The summed E-state index contributed by atoms with van der Waals surface area (Å²) in [7, 11) is -2.35. The number of benzene rings is 2. The average molecular weight is 655 g/mol. The smallest absolute Gasteiger partial charge is 0.416 e. The number of anilines is 2. The third-order valence-corrected chi connectivity index (χ3v) is 9.97. The summed E-state index contributed by atoms with van der Waals surface area (Å²) in [5.41, 5.74) is -0.0246. The van der Waals surface area contributed by atoms with Gasteiger partial charge in [0.1, 0.15) is 16.1 Å². The molecule has 3 atom stereocenters. The third kappa shape index (κ3) is 8.01. The molecule has 0 saturated carbocycles. The minimum atomic E-state index is -4.50. The van der Waals surface area contributed by atoms with Crippen molar-refractivity contribution >= 4 is 44.7 Å². The fourth-order valence-corrected chi connectivity index (χ4v) is 6.69. The SMILES string of the molecule is C[C@@H]1CN([C@@H](C)CO)C(=O)Cc2cc(NS(=O)(=O)c3cccs3)ccc2O[C@H]1CN(C)C(=O)Nc1ccc(C(F)(F)F)cc1. The maximum absolute atomic E-state index is 13.4. The number of amides is 3. The molecule has 10 nitrogen and oxygen atoms in total. The number of rotatable bonds is 8. The maximum atomic E-state index is 13.4. The molecule has 0 radical (unpaired) electrons. The van der Waals surface area contributed by atoms with Crippen LogP contribution in [0.5, 0.6) is 5.75 Å². The number of aliphatic hydroxyl groups excluding tert-OH is 1. The van der Waals surface area contributed by atoms with Gasteiger partial charge in [-0.25, -0.2) is 13.2 Å². The molecule has 0 aliphatic carbocycles. The van der Waals surface area contributed by atoms with Crippen molar-refractivity contribution in [2.45, 2.75) is 42.8 Å². The van der Waals surface area contributed by atoms with Crippen LogP contribution < -0.4 is 14.8 Å². The first-order valence-electron chi connectivity index (χ1n) is 13.6. The summed E-state index contributed by atoms with van der Waals surface area (Å²) in [6.45, 7) is 3.49.